The molecule has 0 saturated heterocycles. The van der Waals surface area contributed by atoms with E-state index >= 15 is 0 Å². The van der Waals surface area contributed by atoms with Crippen molar-refractivity contribution in [3.8, 4) is 28.4 Å². The summed E-state index contributed by atoms with van der Waals surface area (Å²) in [5, 5.41) is 12.3. The zero-order valence-corrected chi connectivity index (χ0v) is 11.8. The van der Waals surface area contributed by atoms with Crippen molar-refractivity contribution in [2.45, 2.75) is 0 Å². The average molecular weight is 286 g/mol. The minimum Gasteiger partial charge on any atom is -0.507 e. The first-order valence-electron chi connectivity index (χ1n) is 7.15. The second-order valence-electron chi connectivity index (χ2n) is 5.18. The first-order valence-corrected chi connectivity index (χ1v) is 7.15. The van der Waals surface area contributed by atoms with Gasteiger partial charge in [0, 0.05) is 11.8 Å². The lowest BCUT2D eigenvalue weighted by atomic mass is 10.0. The molecule has 1 heterocycles. The summed E-state index contributed by atoms with van der Waals surface area (Å²) in [6, 6.07) is 21.6. The number of phenols is 1. The molecular weight excluding hydrogens is 272 g/mol. The quantitative estimate of drug-likeness (QED) is 0.565. The van der Waals surface area contributed by atoms with E-state index in [0.717, 1.165) is 27.6 Å². The third-order valence-corrected chi connectivity index (χ3v) is 3.79. The lowest BCUT2D eigenvalue weighted by Crippen LogP contribution is -1.85. The maximum Gasteiger partial charge on any atom is 0.142 e. The zero-order valence-electron chi connectivity index (χ0n) is 11.8. The molecule has 0 unspecified atom stereocenters. The molecule has 1 aromatic heterocycles. The van der Waals surface area contributed by atoms with Gasteiger partial charge in [0.05, 0.1) is 11.3 Å². The van der Waals surface area contributed by atoms with E-state index in [1.165, 1.54) is 0 Å². The van der Waals surface area contributed by atoms with Crippen molar-refractivity contribution in [3.05, 3.63) is 72.9 Å². The van der Waals surface area contributed by atoms with Crippen LogP contribution in [0.1, 0.15) is 0 Å². The van der Waals surface area contributed by atoms with Crippen molar-refractivity contribution >= 4 is 10.8 Å². The van der Waals surface area contributed by atoms with E-state index in [2.05, 4.69) is 9.97 Å². The summed E-state index contributed by atoms with van der Waals surface area (Å²) in [5.74, 6) is 0.904. The van der Waals surface area contributed by atoms with Gasteiger partial charge in [0.2, 0.25) is 0 Å². The molecule has 0 bridgehead atoms. The molecule has 0 fully saturated rings. The van der Waals surface area contributed by atoms with Crippen molar-refractivity contribution in [1.82, 2.24) is 9.97 Å². The van der Waals surface area contributed by atoms with Crippen molar-refractivity contribution in [2.24, 2.45) is 0 Å². The van der Waals surface area contributed by atoms with Gasteiger partial charge in [-0.05, 0) is 16.8 Å². The summed E-state index contributed by atoms with van der Waals surface area (Å²) in [7, 11) is 0. The number of hydrogen-bond acceptors (Lipinski definition) is 2. The maximum atomic E-state index is 10.3. The first kappa shape index (κ1) is 12.7. The van der Waals surface area contributed by atoms with Crippen LogP contribution in [0.2, 0.25) is 0 Å². The van der Waals surface area contributed by atoms with Crippen LogP contribution in [-0.2, 0) is 0 Å². The Morgan fingerprint density at radius 2 is 1.59 bits per heavy atom. The van der Waals surface area contributed by atoms with Crippen molar-refractivity contribution < 1.29 is 5.11 Å². The summed E-state index contributed by atoms with van der Waals surface area (Å²) in [4.78, 5) is 7.83. The number of aromatic amines is 1. The SMILES string of the molecule is Oc1ccc2ccccc2c1-c1nc(-c2ccccc2)c[nH]1. The number of aromatic nitrogens is 2. The monoisotopic (exact) mass is 286 g/mol. The molecule has 0 saturated carbocycles. The number of hydrogen-bond donors (Lipinski definition) is 2. The molecular formula is C19H14N2O. The van der Waals surface area contributed by atoms with Gasteiger partial charge in [-0.15, -0.1) is 0 Å². The van der Waals surface area contributed by atoms with Crippen molar-refractivity contribution in [2.75, 3.05) is 0 Å². The minimum atomic E-state index is 0.229. The number of phenolic OH excluding ortho intramolecular Hbond substituents is 1. The van der Waals surface area contributed by atoms with Gasteiger partial charge >= 0.3 is 0 Å². The number of rotatable bonds is 2. The second-order valence-corrected chi connectivity index (χ2v) is 5.18. The Bertz CT molecular complexity index is 942. The Hall–Kier alpha value is -3.07. The van der Waals surface area contributed by atoms with Gasteiger partial charge in [0.25, 0.3) is 0 Å². The van der Waals surface area contributed by atoms with Gasteiger partial charge in [-0.25, -0.2) is 4.98 Å². The topological polar surface area (TPSA) is 48.9 Å². The smallest absolute Gasteiger partial charge is 0.142 e. The van der Waals surface area contributed by atoms with E-state index in [1.807, 2.05) is 66.9 Å². The summed E-state index contributed by atoms with van der Waals surface area (Å²) in [6.07, 6.45) is 1.87. The largest absolute Gasteiger partial charge is 0.507 e. The number of nitrogens with zero attached hydrogens (tertiary/aromatic N) is 1. The lowest BCUT2D eigenvalue weighted by molar-refractivity contribution is 0.477. The fourth-order valence-electron chi connectivity index (χ4n) is 2.72. The fourth-order valence-corrected chi connectivity index (χ4v) is 2.72. The molecule has 3 aromatic carbocycles. The second kappa shape index (κ2) is 5.04. The van der Waals surface area contributed by atoms with E-state index < -0.39 is 0 Å². The molecule has 4 rings (SSSR count). The van der Waals surface area contributed by atoms with Crippen molar-refractivity contribution in [3.63, 3.8) is 0 Å². The first-order chi connectivity index (χ1) is 10.8. The highest BCUT2D eigenvalue weighted by molar-refractivity contribution is 5.98. The van der Waals surface area contributed by atoms with Gasteiger partial charge < -0.3 is 10.1 Å². The van der Waals surface area contributed by atoms with Crippen molar-refractivity contribution in [1.29, 1.82) is 0 Å². The zero-order chi connectivity index (χ0) is 14.9. The van der Waals surface area contributed by atoms with Crippen LogP contribution in [0.4, 0.5) is 0 Å². The number of fused-ring (bicyclic) bond motifs is 1. The Labute approximate surface area is 127 Å². The molecule has 0 aliphatic carbocycles. The molecule has 106 valence electrons. The van der Waals surface area contributed by atoms with Crippen LogP contribution in [-0.4, -0.2) is 15.1 Å². The van der Waals surface area contributed by atoms with Crippen LogP contribution < -0.4 is 0 Å². The number of imidazole rings is 1. The predicted molar refractivity (Wildman–Crippen MR) is 88.6 cm³/mol. The molecule has 3 nitrogen and oxygen atoms in total. The summed E-state index contributed by atoms with van der Waals surface area (Å²) >= 11 is 0. The van der Waals surface area contributed by atoms with E-state index in [9.17, 15) is 5.11 Å². The molecule has 0 atom stereocenters. The van der Waals surface area contributed by atoms with Gasteiger partial charge in [-0.2, -0.15) is 0 Å². The van der Waals surface area contributed by atoms with E-state index in [-0.39, 0.29) is 5.75 Å². The molecule has 3 heteroatoms. The van der Waals surface area contributed by atoms with Crippen LogP contribution >= 0.6 is 0 Å². The van der Waals surface area contributed by atoms with Gasteiger partial charge in [-0.3, -0.25) is 0 Å². The maximum absolute atomic E-state index is 10.3. The molecule has 4 aromatic rings. The number of aromatic hydroxyl groups is 1. The molecule has 0 spiro atoms. The molecule has 0 amide bonds. The minimum absolute atomic E-state index is 0.229. The molecule has 0 aliphatic heterocycles. The van der Waals surface area contributed by atoms with Crippen LogP contribution in [0.5, 0.6) is 5.75 Å². The molecule has 2 N–H and O–H groups in total. The highest BCUT2D eigenvalue weighted by Gasteiger charge is 2.13. The Morgan fingerprint density at radius 3 is 2.45 bits per heavy atom. The summed E-state index contributed by atoms with van der Waals surface area (Å²) in [6.45, 7) is 0. The molecule has 0 radical (unpaired) electrons. The summed E-state index contributed by atoms with van der Waals surface area (Å²) in [5.41, 5.74) is 2.65. The predicted octanol–water partition coefficient (Wildman–Crippen LogP) is 4.60. The standard InChI is InChI=1S/C19H14N2O/c22-17-11-10-13-6-4-5-9-15(13)18(17)19-20-12-16(21-19)14-7-2-1-3-8-14/h1-12,22H,(H,20,21). The fraction of sp³-hybridized carbons (Fsp3) is 0. The van der Waals surface area contributed by atoms with E-state index in [0.29, 0.717) is 5.82 Å². The highest BCUT2D eigenvalue weighted by Crippen LogP contribution is 2.35. The average Bonchev–Trinajstić information content (AvgIpc) is 3.05. The number of H-pyrrole nitrogens is 1. The highest BCUT2D eigenvalue weighted by atomic mass is 16.3. The third kappa shape index (κ3) is 2.04. The summed E-state index contributed by atoms with van der Waals surface area (Å²) < 4.78 is 0. The third-order valence-electron chi connectivity index (χ3n) is 3.79. The molecule has 22 heavy (non-hydrogen) atoms. The Morgan fingerprint density at radius 1 is 0.818 bits per heavy atom. The Balaban J connectivity index is 1.90. The van der Waals surface area contributed by atoms with Gasteiger partial charge in [0.15, 0.2) is 0 Å². The molecule has 0 aliphatic rings. The van der Waals surface area contributed by atoms with Crippen LogP contribution in [0.3, 0.4) is 0 Å². The Kier molecular flexibility index (Phi) is 2.90. The van der Waals surface area contributed by atoms with Crippen LogP contribution in [0.25, 0.3) is 33.4 Å². The number of benzene rings is 3. The lowest BCUT2D eigenvalue weighted by Gasteiger charge is -2.06. The van der Waals surface area contributed by atoms with E-state index in [4.69, 9.17) is 0 Å². The van der Waals surface area contributed by atoms with Gasteiger partial charge in [0.1, 0.15) is 11.6 Å². The van der Waals surface area contributed by atoms with Gasteiger partial charge in [-0.1, -0.05) is 60.7 Å². The van der Waals surface area contributed by atoms with Crippen LogP contribution in [0, 0.1) is 0 Å². The normalized spacial score (nSPS) is 10.9. The van der Waals surface area contributed by atoms with E-state index in [1.54, 1.807) is 6.07 Å². The number of nitrogens with one attached hydrogen (secondary N) is 1. The van der Waals surface area contributed by atoms with Crippen LogP contribution in [0.15, 0.2) is 72.9 Å².